The minimum absolute atomic E-state index is 0.245. The van der Waals surface area contributed by atoms with E-state index >= 15 is 0 Å². The second-order valence-corrected chi connectivity index (χ2v) is 7.19. The van der Waals surface area contributed by atoms with Gasteiger partial charge in [-0.2, -0.15) is 5.26 Å². The molecule has 1 amide bonds. The molecule has 0 unspecified atom stereocenters. The van der Waals surface area contributed by atoms with Crippen molar-refractivity contribution in [3.63, 3.8) is 0 Å². The number of ether oxygens (including phenoxy) is 1. The molecule has 2 rings (SSSR count). The summed E-state index contributed by atoms with van der Waals surface area (Å²) in [7, 11) is 0. The number of carbonyl (C=O) groups is 2. The highest BCUT2D eigenvalue weighted by atomic mass is 32.2. The Labute approximate surface area is 146 Å². The number of hydrogen-bond acceptors (Lipinski definition) is 5. The number of nitrogens with zero attached hydrogens (tertiary/aromatic N) is 1. The maximum atomic E-state index is 11.9. The first-order valence-corrected chi connectivity index (χ1v) is 9.09. The van der Waals surface area contributed by atoms with Crippen LogP contribution in [-0.2, 0) is 14.3 Å². The topological polar surface area (TPSA) is 79.2 Å². The van der Waals surface area contributed by atoms with Gasteiger partial charge in [-0.1, -0.05) is 17.7 Å². The zero-order valence-electron chi connectivity index (χ0n) is 13.8. The van der Waals surface area contributed by atoms with E-state index in [0.29, 0.717) is 18.6 Å². The molecule has 0 atom stereocenters. The predicted octanol–water partition coefficient (Wildman–Crippen LogP) is 2.97. The molecule has 0 aliphatic heterocycles. The summed E-state index contributed by atoms with van der Waals surface area (Å²) in [6.45, 7) is 1.70. The summed E-state index contributed by atoms with van der Waals surface area (Å²) in [4.78, 5) is 24.6. The number of aryl methyl sites for hydroxylation is 1. The molecule has 5 nitrogen and oxygen atoms in total. The third-order valence-corrected chi connectivity index (χ3v) is 5.02. The second-order valence-electron chi connectivity index (χ2n) is 6.02. The van der Waals surface area contributed by atoms with Gasteiger partial charge < -0.3 is 10.1 Å². The lowest BCUT2D eigenvalue weighted by Gasteiger charge is -2.21. The molecule has 1 aliphatic rings. The van der Waals surface area contributed by atoms with Gasteiger partial charge in [0.2, 0.25) is 0 Å². The molecule has 1 aromatic rings. The maximum Gasteiger partial charge on any atom is 0.307 e. The molecule has 0 radical (unpaired) electrons. The van der Waals surface area contributed by atoms with Crippen molar-refractivity contribution in [1.82, 2.24) is 5.32 Å². The van der Waals surface area contributed by atoms with Crippen LogP contribution >= 0.6 is 11.8 Å². The summed E-state index contributed by atoms with van der Waals surface area (Å²) in [5, 5.41) is 11.9. The fourth-order valence-electron chi connectivity index (χ4n) is 2.65. The number of esters is 1. The van der Waals surface area contributed by atoms with Crippen molar-refractivity contribution in [2.45, 2.75) is 49.5 Å². The third kappa shape index (κ3) is 5.57. The van der Waals surface area contributed by atoms with Crippen LogP contribution in [0.5, 0.6) is 0 Å². The zero-order valence-corrected chi connectivity index (χ0v) is 14.7. The van der Waals surface area contributed by atoms with Crippen molar-refractivity contribution in [3.05, 3.63) is 29.8 Å². The van der Waals surface area contributed by atoms with Crippen LogP contribution in [-0.4, -0.2) is 29.8 Å². The summed E-state index contributed by atoms with van der Waals surface area (Å²) >= 11 is 1.58. The average molecular weight is 346 g/mol. The maximum absolute atomic E-state index is 11.9. The Hall–Kier alpha value is -2.00. The number of nitrogens with one attached hydrogen (secondary N) is 1. The van der Waals surface area contributed by atoms with E-state index in [1.54, 1.807) is 11.8 Å². The van der Waals surface area contributed by atoms with Crippen molar-refractivity contribution in [1.29, 1.82) is 5.26 Å². The Kier molecular flexibility index (Phi) is 6.68. The molecule has 1 aromatic carbocycles. The number of hydrogen-bond donors (Lipinski definition) is 1. The van der Waals surface area contributed by atoms with Gasteiger partial charge in [0.15, 0.2) is 6.61 Å². The van der Waals surface area contributed by atoms with E-state index in [0.717, 1.165) is 17.7 Å². The number of amides is 1. The molecular weight excluding hydrogens is 324 g/mol. The molecule has 1 fully saturated rings. The molecule has 0 saturated heterocycles. The average Bonchev–Trinajstić information content (AvgIpc) is 3.04. The Bertz CT molecular complexity index is 616. The van der Waals surface area contributed by atoms with Gasteiger partial charge in [0.25, 0.3) is 5.91 Å². The molecule has 0 aromatic heterocycles. The van der Waals surface area contributed by atoms with Crippen LogP contribution in [0.3, 0.4) is 0 Å². The minimum atomic E-state index is -0.773. The molecular formula is C18H22N2O3S. The van der Waals surface area contributed by atoms with Gasteiger partial charge in [0, 0.05) is 10.6 Å². The molecule has 6 heteroatoms. The van der Waals surface area contributed by atoms with Crippen LogP contribution in [0.25, 0.3) is 0 Å². The van der Waals surface area contributed by atoms with E-state index in [2.05, 4.69) is 11.4 Å². The zero-order chi connectivity index (χ0) is 17.4. The van der Waals surface area contributed by atoms with Gasteiger partial charge in [-0.15, -0.1) is 11.8 Å². The Morgan fingerprint density at radius 2 is 1.96 bits per heavy atom. The fraction of sp³-hybridized carbons (Fsp3) is 0.500. The standard InChI is InChI=1S/C18H22N2O3S/c1-14-4-6-15(7-5-14)24-11-8-17(22)23-12-16(21)20-18(13-19)9-2-3-10-18/h4-7H,2-3,8-12H2,1H3,(H,20,21). The molecule has 1 saturated carbocycles. The molecule has 0 spiro atoms. The SMILES string of the molecule is Cc1ccc(SCCC(=O)OCC(=O)NC2(C#N)CCCC2)cc1. The van der Waals surface area contributed by atoms with Crippen LogP contribution < -0.4 is 5.32 Å². The highest BCUT2D eigenvalue weighted by molar-refractivity contribution is 7.99. The van der Waals surface area contributed by atoms with Crippen molar-refractivity contribution >= 4 is 23.6 Å². The second kappa shape index (κ2) is 8.74. The summed E-state index contributed by atoms with van der Waals surface area (Å²) in [6.07, 6.45) is 3.44. The monoisotopic (exact) mass is 346 g/mol. The first-order valence-electron chi connectivity index (χ1n) is 8.10. The molecule has 0 heterocycles. The summed E-state index contributed by atoms with van der Waals surface area (Å²) in [6, 6.07) is 10.3. The molecule has 24 heavy (non-hydrogen) atoms. The lowest BCUT2D eigenvalue weighted by atomic mass is 10.00. The van der Waals surface area contributed by atoms with Gasteiger partial charge in [-0.3, -0.25) is 9.59 Å². The Morgan fingerprint density at radius 3 is 2.58 bits per heavy atom. The van der Waals surface area contributed by atoms with E-state index in [1.807, 2.05) is 31.2 Å². The molecule has 0 bridgehead atoms. The lowest BCUT2D eigenvalue weighted by Crippen LogP contribution is -2.46. The van der Waals surface area contributed by atoms with Crippen LogP contribution in [0.1, 0.15) is 37.7 Å². The van der Waals surface area contributed by atoms with E-state index in [-0.39, 0.29) is 13.0 Å². The van der Waals surface area contributed by atoms with Gasteiger partial charge in [-0.25, -0.2) is 0 Å². The van der Waals surface area contributed by atoms with Crippen molar-refractivity contribution in [2.75, 3.05) is 12.4 Å². The molecule has 128 valence electrons. The number of nitriles is 1. The smallest absolute Gasteiger partial charge is 0.307 e. The number of thioether (sulfide) groups is 1. The Morgan fingerprint density at radius 1 is 1.29 bits per heavy atom. The minimum Gasteiger partial charge on any atom is -0.456 e. The largest absolute Gasteiger partial charge is 0.456 e. The van der Waals surface area contributed by atoms with Gasteiger partial charge in [0.1, 0.15) is 5.54 Å². The lowest BCUT2D eigenvalue weighted by molar-refractivity contribution is -0.148. The Balaban J connectivity index is 1.64. The van der Waals surface area contributed by atoms with E-state index in [9.17, 15) is 14.9 Å². The van der Waals surface area contributed by atoms with Gasteiger partial charge in [0.05, 0.1) is 12.5 Å². The van der Waals surface area contributed by atoms with E-state index in [4.69, 9.17) is 4.74 Å². The van der Waals surface area contributed by atoms with E-state index < -0.39 is 17.4 Å². The highest BCUT2D eigenvalue weighted by Gasteiger charge is 2.35. The summed E-state index contributed by atoms with van der Waals surface area (Å²) in [5.41, 5.74) is 0.423. The quantitative estimate of drug-likeness (QED) is 0.606. The number of benzene rings is 1. The number of carbonyl (C=O) groups excluding carboxylic acids is 2. The van der Waals surface area contributed by atoms with Crippen LogP contribution in [0, 0.1) is 18.3 Å². The number of rotatable bonds is 7. The first-order chi connectivity index (χ1) is 11.5. The third-order valence-electron chi connectivity index (χ3n) is 4.01. The first kappa shape index (κ1) is 18.3. The highest BCUT2D eigenvalue weighted by Crippen LogP contribution is 2.28. The molecule has 1 N–H and O–H groups in total. The van der Waals surface area contributed by atoms with Gasteiger partial charge >= 0.3 is 5.97 Å². The van der Waals surface area contributed by atoms with Crippen molar-refractivity contribution in [3.8, 4) is 6.07 Å². The summed E-state index contributed by atoms with van der Waals surface area (Å²) < 4.78 is 4.99. The summed E-state index contributed by atoms with van der Waals surface area (Å²) in [5.74, 6) is -0.203. The van der Waals surface area contributed by atoms with E-state index in [1.165, 1.54) is 5.56 Å². The predicted molar refractivity (Wildman–Crippen MR) is 92.4 cm³/mol. The van der Waals surface area contributed by atoms with Crippen LogP contribution in [0.4, 0.5) is 0 Å². The normalized spacial score (nSPS) is 15.5. The fourth-order valence-corrected chi connectivity index (χ4v) is 3.48. The van der Waals surface area contributed by atoms with Crippen molar-refractivity contribution < 1.29 is 14.3 Å². The van der Waals surface area contributed by atoms with Crippen LogP contribution in [0.15, 0.2) is 29.2 Å². The van der Waals surface area contributed by atoms with Crippen LogP contribution in [0.2, 0.25) is 0 Å². The van der Waals surface area contributed by atoms with Gasteiger partial charge in [-0.05, 0) is 44.7 Å². The molecule has 1 aliphatic carbocycles. The van der Waals surface area contributed by atoms with Crippen molar-refractivity contribution in [2.24, 2.45) is 0 Å².